The zero-order valence-electron chi connectivity index (χ0n) is 14.3. The van der Waals surface area contributed by atoms with Crippen molar-refractivity contribution in [1.29, 1.82) is 0 Å². The van der Waals surface area contributed by atoms with Gasteiger partial charge in [0.2, 0.25) is 0 Å². The van der Waals surface area contributed by atoms with E-state index in [1.165, 1.54) is 25.7 Å². The quantitative estimate of drug-likeness (QED) is 0.401. The average molecular weight is 312 g/mol. The number of ether oxygens (including phenoxy) is 2. The van der Waals surface area contributed by atoms with Crippen LogP contribution in [0.1, 0.15) is 53.4 Å². The SMILES string of the molecule is C#C.C[C@H]1[C@H](C)O[C@@H]2O[C@@H](C)CC[C@@H]3C2[C@H]1CC[C@H]3C.OO. The van der Waals surface area contributed by atoms with Crippen LogP contribution in [0.3, 0.4) is 0 Å². The molecule has 0 bridgehead atoms. The molecule has 1 aliphatic carbocycles. The van der Waals surface area contributed by atoms with E-state index < -0.39 is 0 Å². The Morgan fingerprint density at radius 2 is 1.41 bits per heavy atom. The fourth-order valence-electron chi connectivity index (χ4n) is 4.67. The maximum atomic E-state index is 6.22. The minimum absolute atomic E-state index is 0.0754. The van der Waals surface area contributed by atoms with Crippen molar-refractivity contribution in [3.8, 4) is 12.8 Å². The van der Waals surface area contributed by atoms with Crippen LogP contribution in [0.5, 0.6) is 0 Å². The molecule has 2 heterocycles. The summed E-state index contributed by atoms with van der Waals surface area (Å²) in [7, 11) is 0. The number of hydrogen-bond acceptors (Lipinski definition) is 4. The lowest BCUT2D eigenvalue weighted by atomic mass is 9.60. The van der Waals surface area contributed by atoms with Crippen LogP contribution in [0.15, 0.2) is 0 Å². The van der Waals surface area contributed by atoms with E-state index >= 15 is 0 Å². The molecule has 3 fully saturated rings. The number of hydrogen-bond donors (Lipinski definition) is 2. The van der Waals surface area contributed by atoms with Gasteiger partial charge in [-0.05, 0) is 56.8 Å². The summed E-state index contributed by atoms with van der Waals surface area (Å²) in [6.45, 7) is 9.26. The van der Waals surface area contributed by atoms with E-state index in [1.807, 2.05) is 0 Å². The van der Waals surface area contributed by atoms with Crippen molar-refractivity contribution in [2.75, 3.05) is 0 Å². The van der Waals surface area contributed by atoms with Gasteiger partial charge in [0, 0.05) is 5.92 Å². The van der Waals surface area contributed by atoms with Crippen LogP contribution in [0.2, 0.25) is 0 Å². The van der Waals surface area contributed by atoms with Crippen molar-refractivity contribution >= 4 is 0 Å². The molecule has 2 aliphatic heterocycles. The lowest BCUT2D eigenvalue weighted by Gasteiger charge is -2.51. The molecule has 0 radical (unpaired) electrons. The van der Waals surface area contributed by atoms with Crippen LogP contribution >= 0.6 is 0 Å². The highest BCUT2D eigenvalue weighted by molar-refractivity contribution is 4.95. The largest absolute Gasteiger partial charge is 0.349 e. The molecule has 4 heteroatoms. The van der Waals surface area contributed by atoms with Crippen LogP contribution in [-0.4, -0.2) is 29.0 Å². The van der Waals surface area contributed by atoms with Crippen LogP contribution in [-0.2, 0) is 9.47 Å². The minimum Gasteiger partial charge on any atom is -0.349 e. The Hall–Kier alpha value is -0.600. The molecule has 0 amide bonds. The van der Waals surface area contributed by atoms with Crippen LogP contribution in [0.25, 0.3) is 0 Å². The first-order valence-electron chi connectivity index (χ1n) is 8.42. The minimum atomic E-state index is 0.0754. The predicted octanol–water partition coefficient (Wildman–Crippen LogP) is 4.11. The Morgan fingerprint density at radius 1 is 0.818 bits per heavy atom. The van der Waals surface area contributed by atoms with Gasteiger partial charge in [-0.1, -0.05) is 20.3 Å². The molecule has 3 aliphatic rings. The summed E-state index contributed by atoms with van der Waals surface area (Å²) in [5, 5.41) is 12.0. The van der Waals surface area contributed by atoms with Crippen LogP contribution in [0, 0.1) is 42.4 Å². The second-order valence-electron chi connectivity index (χ2n) is 7.05. The first-order valence-corrected chi connectivity index (χ1v) is 8.42. The molecule has 0 aromatic rings. The van der Waals surface area contributed by atoms with Gasteiger partial charge in [0.05, 0.1) is 12.2 Å². The molecular weight excluding hydrogens is 280 g/mol. The molecule has 3 rings (SSSR count). The summed E-state index contributed by atoms with van der Waals surface area (Å²) in [6.07, 6.45) is 14.1. The fourth-order valence-corrected chi connectivity index (χ4v) is 4.67. The van der Waals surface area contributed by atoms with E-state index in [4.69, 9.17) is 20.0 Å². The van der Waals surface area contributed by atoms with E-state index in [0.717, 1.165) is 17.8 Å². The first-order chi connectivity index (χ1) is 10.6. The van der Waals surface area contributed by atoms with Gasteiger partial charge in [-0.25, -0.2) is 0 Å². The van der Waals surface area contributed by atoms with Gasteiger partial charge >= 0.3 is 0 Å². The molecule has 2 N–H and O–H groups in total. The van der Waals surface area contributed by atoms with Crippen molar-refractivity contribution in [2.24, 2.45) is 29.6 Å². The van der Waals surface area contributed by atoms with Crippen molar-refractivity contribution in [2.45, 2.75) is 71.9 Å². The van der Waals surface area contributed by atoms with Crippen LogP contribution in [0.4, 0.5) is 0 Å². The fraction of sp³-hybridized carbons (Fsp3) is 0.889. The molecule has 1 saturated carbocycles. The van der Waals surface area contributed by atoms with E-state index in [1.54, 1.807) is 0 Å². The Bertz CT molecular complexity index is 341. The monoisotopic (exact) mass is 312 g/mol. The lowest BCUT2D eigenvalue weighted by molar-refractivity contribution is -0.273. The molecule has 0 aromatic heterocycles. The van der Waals surface area contributed by atoms with Crippen LogP contribution < -0.4 is 0 Å². The third kappa shape index (κ3) is 3.83. The number of rotatable bonds is 0. The highest BCUT2D eigenvalue weighted by Crippen LogP contribution is 2.52. The van der Waals surface area contributed by atoms with Gasteiger partial charge in [0.1, 0.15) is 0 Å². The summed E-state index contributed by atoms with van der Waals surface area (Å²) in [6, 6.07) is 0. The standard InChI is InChI=1S/C16H28O2.C2H2.H2O2/c1-9-5-7-14-11(3)12(4)18-16-15(14)13(9)8-6-10(2)17-16;2*1-2/h9-16H,5-8H2,1-4H3;2*1-2H/t9-,10+,11+,12+,13+,14+,15?,16+;;/m1../s1. The zero-order chi connectivity index (χ0) is 16.9. The highest BCUT2D eigenvalue weighted by atomic mass is 17.0. The predicted molar refractivity (Wildman–Crippen MR) is 87.3 cm³/mol. The van der Waals surface area contributed by atoms with Gasteiger partial charge in [-0.3, -0.25) is 10.5 Å². The molecule has 2 saturated heterocycles. The molecule has 1 unspecified atom stereocenters. The van der Waals surface area contributed by atoms with E-state index in [0.29, 0.717) is 24.0 Å². The Kier molecular flexibility index (Phi) is 7.85. The third-order valence-corrected chi connectivity index (χ3v) is 6.03. The Morgan fingerprint density at radius 3 is 2.05 bits per heavy atom. The highest BCUT2D eigenvalue weighted by Gasteiger charge is 2.50. The maximum Gasteiger partial charge on any atom is 0.161 e. The van der Waals surface area contributed by atoms with E-state index in [9.17, 15) is 0 Å². The molecule has 0 spiro atoms. The summed E-state index contributed by atoms with van der Waals surface area (Å²) in [5.41, 5.74) is 0. The normalized spacial score (nSPS) is 46.7. The second kappa shape index (κ2) is 8.88. The van der Waals surface area contributed by atoms with Crippen molar-refractivity contribution < 1.29 is 20.0 Å². The molecule has 0 aromatic carbocycles. The lowest BCUT2D eigenvalue weighted by Crippen LogP contribution is -2.52. The van der Waals surface area contributed by atoms with Crippen molar-refractivity contribution in [1.82, 2.24) is 0 Å². The Balaban J connectivity index is 0.000000561. The summed E-state index contributed by atoms with van der Waals surface area (Å²) < 4.78 is 12.4. The molecule has 22 heavy (non-hydrogen) atoms. The first kappa shape index (κ1) is 19.4. The Labute approximate surface area is 135 Å². The summed E-state index contributed by atoms with van der Waals surface area (Å²) in [5.74, 6) is 3.86. The van der Waals surface area contributed by atoms with E-state index in [2.05, 4.69) is 40.5 Å². The second-order valence-corrected chi connectivity index (χ2v) is 7.05. The molecule has 128 valence electrons. The van der Waals surface area contributed by atoms with Gasteiger partial charge < -0.3 is 9.47 Å². The zero-order valence-corrected chi connectivity index (χ0v) is 14.3. The van der Waals surface area contributed by atoms with Gasteiger partial charge in [0.25, 0.3) is 0 Å². The average Bonchev–Trinajstić information content (AvgIpc) is 2.70. The van der Waals surface area contributed by atoms with Gasteiger partial charge in [-0.2, -0.15) is 0 Å². The van der Waals surface area contributed by atoms with Crippen molar-refractivity contribution in [3.05, 3.63) is 0 Å². The maximum absolute atomic E-state index is 6.22. The summed E-state index contributed by atoms with van der Waals surface area (Å²) >= 11 is 0. The molecule has 8 atom stereocenters. The smallest absolute Gasteiger partial charge is 0.161 e. The van der Waals surface area contributed by atoms with Gasteiger partial charge in [-0.15, -0.1) is 12.8 Å². The summed E-state index contributed by atoms with van der Waals surface area (Å²) in [4.78, 5) is 0. The van der Waals surface area contributed by atoms with E-state index in [-0.39, 0.29) is 6.29 Å². The number of terminal acetylenes is 1. The van der Waals surface area contributed by atoms with Gasteiger partial charge in [0.15, 0.2) is 6.29 Å². The molecular formula is C18H32O4. The van der Waals surface area contributed by atoms with Crippen molar-refractivity contribution in [3.63, 3.8) is 0 Å². The third-order valence-electron chi connectivity index (χ3n) is 6.03. The molecule has 4 nitrogen and oxygen atoms in total. The topological polar surface area (TPSA) is 58.9 Å².